The Morgan fingerprint density at radius 1 is 0.643 bits per heavy atom. The van der Waals surface area contributed by atoms with E-state index in [0.717, 1.165) is 29.5 Å². The fourth-order valence-electron chi connectivity index (χ4n) is 3.51. The van der Waals surface area contributed by atoms with Crippen LogP contribution in [-0.2, 0) is 19.4 Å². The molecular formula is C26H23NO. The number of amides is 1. The van der Waals surface area contributed by atoms with Gasteiger partial charge in [0.1, 0.15) is 0 Å². The molecule has 0 aliphatic heterocycles. The first-order chi connectivity index (χ1) is 13.8. The first-order valence-electron chi connectivity index (χ1n) is 9.67. The van der Waals surface area contributed by atoms with E-state index in [1.165, 1.54) is 16.3 Å². The Morgan fingerprint density at radius 3 is 2.21 bits per heavy atom. The van der Waals surface area contributed by atoms with Gasteiger partial charge < -0.3 is 5.32 Å². The predicted octanol–water partition coefficient (Wildman–Crippen LogP) is 5.56. The summed E-state index contributed by atoms with van der Waals surface area (Å²) in [7, 11) is 0. The summed E-state index contributed by atoms with van der Waals surface area (Å²) in [5, 5.41) is 5.48. The summed E-state index contributed by atoms with van der Waals surface area (Å²) in [4.78, 5) is 12.8. The smallest absolute Gasteiger partial charge is 0.251 e. The zero-order valence-corrected chi connectivity index (χ0v) is 15.8. The molecule has 4 aromatic rings. The lowest BCUT2D eigenvalue weighted by atomic mass is 9.99. The predicted molar refractivity (Wildman–Crippen MR) is 115 cm³/mol. The second-order valence-corrected chi connectivity index (χ2v) is 7.01. The van der Waals surface area contributed by atoms with Gasteiger partial charge in [-0.15, -0.1) is 0 Å². The number of rotatable bonds is 6. The summed E-state index contributed by atoms with van der Waals surface area (Å²) in [6.07, 6.45) is 1.78. The molecule has 0 saturated carbocycles. The number of carbonyl (C=O) groups excluding carboxylic acids is 1. The lowest BCUT2D eigenvalue weighted by Crippen LogP contribution is -2.24. The third kappa shape index (κ3) is 4.29. The van der Waals surface area contributed by atoms with Gasteiger partial charge in [0.2, 0.25) is 0 Å². The highest BCUT2D eigenvalue weighted by Crippen LogP contribution is 2.16. The average molecular weight is 365 g/mol. The first-order valence-corrected chi connectivity index (χ1v) is 9.67. The molecule has 2 nitrogen and oxygen atoms in total. The van der Waals surface area contributed by atoms with Crippen LogP contribution in [0.5, 0.6) is 0 Å². The van der Waals surface area contributed by atoms with E-state index < -0.39 is 0 Å². The van der Waals surface area contributed by atoms with Crippen molar-refractivity contribution in [2.24, 2.45) is 0 Å². The summed E-state index contributed by atoms with van der Waals surface area (Å²) in [6, 6.07) is 32.9. The molecule has 0 fully saturated rings. The number of benzene rings is 4. The fraction of sp³-hybridized carbons (Fsp3) is 0.115. The van der Waals surface area contributed by atoms with Crippen molar-refractivity contribution in [2.45, 2.75) is 19.4 Å². The Hall–Kier alpha value is -3.39. The van der Waals surface area contributed by atoms with Crippen molar-refractivity contribution in [3.05, 3.63) is 119 Å². The quantitative estimate of drug-likeness (QED) is 0.476. The van der Waals surface area contributed by atoms with Crippen molar-refractivity contribution in [1.29, 1.82) is 0 Å². The van der Waals surface area contributed by atoms with E-state index in [2.05, 4.69) is 59.9 Å². The highest BCUT2D eigenvalue weighted by Gasteiger charge is 2.11. The SMILES string of the molecule is O=C(NCc1ccc2ccccc2c1)c1ccccc1CCc1ccccc1. The molecule has 1 N–H and O–H groups in total. The molecule has 0 radical (unpaired) electrons. The molecule has 0 unspecified atom stereocenters. The van der Waals surface area contributed by atoms with Crippen LogP contribution in [0.2, 0.25) is 0 Å². The van der Waals surface area contributed by atoms with Gasteiger partial charge in [-0.1, -0.05) is 84.9 Å². The third-order valence-corrected chi connectivity index (χ3v) is 5.05. The van der Waals surface area contributed by atoms with Crippen LogP contribution < -0.4 is 5.32 Å². The number of hydrogen-bond acceptors (Lipinski definition) is 1. The summed E-state index contributed by atoms with van der Waals surface area (Å²) in [5.74, 6) is -0.0168. The standard InChI is InChI=1S/C26H23NO/c28-26(27-19-21-15-16-22-10-4-5-12-24(22)18-21)25-13-7-6-11-23(25)17-14-20-8-2-1-3-9-20/h1-13,15-16,18H,14,17,19H2,(H,27,28). The molecule has 0 atom stereocenters. The molecule has 4 aromatic carbocycles. The van der Waals surface area contributed by atoms with E-state index in [-0.39, 0.29) is 5.91 Å². The van der Waals surface area contributed by atoms with Crippen molar-refractivity contribution >= 4 is 16.7 Å². The van der Waals surface area contributed by atoms with E-state index in [4.69, 9.17) is 0 Å². The molecule has 0 aliphatic rings. The molecule has 2 heteroatoms. The van der Waals surface area contributed by atoms with Crippen LogP contribution in [0.1, 0.15) is 27.0 Å². The summed E-state index contributed by atoms with van der Waals surface area (Å²) in [5.41, 5.74) is 4.24. The molecule has 28 heavy (non-hydrogen) atoms. The monoisotopic (exact) mass is 365 g/mol. The van der Waals surface area contributed by atoms with Crippen molar-refractivity contribution in [1.82, 2.24) is 5.32 Å². The van der Waals surface area contributed by atoms with Gasteiger partial charge in [-0.05, 0) is 52.4 Å². The maximum atomic E-state index is 12.8. The highest BCUT2D eigenvalue weighted by atomic mass is 16.1. The largest absolute Gasteiger partial charge is 0.348 e. The first kappa shape index (κ1) is 18.0. The minimum absolute atomic E-state index is 0.0168. The van der Waals surface area contributed by atoms with Crippen LogP contribution in [0.4, 0.5) is 0 Å². The van der Waals surface area contributed by atoms with Gasteiger partial charge in [-0.2, -0.15) is 0 Å². The Balaban J connectivity index is 1.44. The molecular weight excluding hydrogens is 342 g/mol. The fourth-order valence-corrected chi connectivity index (χ4v) is 3.51. The van der Waals surface area contributed by atoms with Gasteiger partial charge in [0.05, 0.1) is 0 Å². The average Bonchev–Trinajstić information content (AvgIpc) is 2.77. The maximum Gasteiger partial charge on any atom is 0.251 e. The van der Waals surface area contributed by atoms with Crippen LogP contribution >= 0.6 is 0 Å². The molecule has 4 rings (SSSR count). The molecule has 0 bridgehead atoms. The number of fused-ring (bicyclic) bond motifs is 1. The second-order valence-electron chi connectivity index (χ2n) is 7.01. The molecule has 0 heterocycles. The van der Waals surface area contributed by atoms with E-state index in [1.807, 2.05) is 42.5 Å². The topological polar surface area (TPSA) is 29.1 Å². The van der Waals surface area contributed by atoms with Crippen LogP contribution in [0.15, 0.2) is 97.1 Å². The molecule has 0 spiro atoms. The van der Waals surface area contributed by atoms with E-state index >= 15 is 0 Å². The number of hydrogen-bond donors (Lipinski definition) is 1. The summed E-state index contributed by atoms with van der Waals surface area (Å²) >= 11 is 0. The minimum Gasteiger partial charge on any atom is -0.348 e. The zero-order chi connectivity index (χ0) is 19.2. The van der Waals surface area contributed by atoms with Crippen molar-refractivity contribution < 1.29 is 4.79 Å². The Labute approximate surface area is 165 Å². The second kappa shape index (κ2) is 8.53. The van der Waals surface area contributed by atoms with Crippen molar-refractivity contribution in [3.8, 4) is 0 Å². The van der Waals surface area contributed by atoms with E-state index in [0.29, 0.717) is 6.54 Å². The lowest BCUT2D eigenvalue weighted by Gasteiger charge is -2.11. The Morgan fingerprint density at radius 2 is 1.36 bits per heavy atom. The minimum atomic E-state index is -0.0168. The normalized spacial score (nSPS) is 10.7. The van der Waals surface area contributed by atoms with Gasteiger partial charge >= 0.3 is 0 Å². The van der Waals surface area contributed by atoms with E-state index in [1.54, 1.807) is 0 Å². The summed E-state index contributed by atoms with van der Waals surface area (Å²) < 4.78 is 0. The van der Waals surface area contributed by atoms with Crippen LogP contribution in [-0.4, -0.2) is 5.91 Å². The van der Waals surface area contributed by atoms with E-state index in [9.17, 15) is 4.79 Å². The number of carbonyl (C=O) groups is 1. The molecule has 0 aromatic heterocycles. The van der Waals surface area contributed by atoms with Gasteiger partial charge in [0.15, 0.2) is 0 Å². The van der Waals surface area contributed by atoms with Gasteiger partial charge in [0.25, 0.3) is 5.91 Å². The molecule has 0 saturated heterocycles. The maximum absolute atomic E-state index is 12.8. The van der Waals surface area contributed by atoms with Crippen LogP contribution in [0, 0.1) is 0 Å². The Kier molecular flexibility index (Phi) is 5.48. The van der Waals surface area contributed by atoms with Crippen molar-refractivity contribution in [2.75, 3.05) is 0 Å². The highest BCUT2D eigenvalue weighted by molar-refractivity contribution is 5.95. The molecule has 1 amide bonds. The van der Waals surface area contributed by atoms with Gasteiger partial charge in [-0.25, -0.2) is 0 Å². The molecule has 0 aliphatic carbocycles. The Bertz CT molecular complexity index is 1090. The van der Waals surface area contributed by atoms with Gasteiger partial charge in [-0.3, -0.25) is 4.79 Å². The molecule has 138 valence electrons. The van der Waals surface area contributed by atoms with Crippen LogP contribution in [0.25, 0.3) is 10.8 Å². The van der Waals surface area contributed by atoms with Crippen LogP contribution in [0.3, 0.4) is 0 Å². The zero-order valence-electron chi connectivity index (χ0n) is 15.8. The van der Waals surface area contributed by atoms with Gasteiger partial charge in [0, 0.05) is 12.1 Å². The van der Waals surface area contributed by atoms with Crippen molar-refractivity contribution in [3.63, 3.8) is 0 Å². The lowest BCUT2D eigenvalue weighted by molar-refractivity contribution is 0.0950. The summed E-state index contributed by atoms with van der Waals surface area (Å²) in [6.45, 7) is 0.524. The number of aryl methyl sites for hydroxylation is 2. The number of nitrogens with one attached hydrogen (secondary N) is 1. The third-order valence-electron chi connectivity index (χ3n) is 5.05.